The average molecular weight is 1350 g/mol. The first-order valence-corrected chi connectivity index (χ1v) is 34.3. The van der Waals surface area contributed by atoms with Gasteiger partial charge in [-0.3, -0.25) is 48.1 Å². The lowest BCUT2D eigenvalue weighted by atomic mass is 9.83. The topological polar surface area (TPSA) is 311 Å². The number of likely N-dealkylation sites (N-methyl/N-ethyl adjacent to an activating group) is 2. The van der Waals surface area contributed by atoms with Crippen molar-refractivity contribution in [1.29, 1.82) is 0 Å². The molecule has 13 atom stereocenters. The number of methoxy groups -OCH3 is 2. The van der Waals surface area contributed by atoms with Gasteiger partial charge in [-0.15, -0.1) is 0 Å². The zero-order chi connectivity index (χ0) is 71.0. The fourth-order valence-corrected chi connectivity index (χ4v) is 13.4. The lowest BCUT2D eigenvalue weighted by molar-refractivity contribution is -0.149. The molecule has 23 nitrogen and oxygen atoms in total. The minimum Gasteiger partial charge on any atom is -0.445 e. The number of carbonyl (C=O) groups excluding carboxylic acids is 11. The van der Waals surface area contributed by atoms with Crippen LogP contribution >= 0.6 is 0 Å². The standard InChI is InChI=1S/C72H112N8O15.CH4/c1-16-46(8)65(59(93-14)41-62(86)79-36-24-28-55(79)67(94-15)49(11)56(81)37-47(9)66(87)51-25-19-17-20-26-51)77(12)70(90)54(43(2)3)40-58(83)64(45(6)7)78(13)72(92)95-42-50-30-32-53(33-31-50)75-68(88)52(27-23-34-74-71(73)91)39-57(82)63(44(4)5)76-60(84)29-21-18-22-35-80-61(85)38-48(10)69(80)89;/h17,19-20,25-26,30-33,43-49,52,54-55,59,63-67,87H,16,18,21-24,27-29,34-42H2,1-15H3,(H,75,88)(H,76,84)(H3,73,74,91);1H4/t46-,47-,48?,49-,52+,54-,55-,59+,63-,64-,65-,66+,67+;/m0./s1. The van der Waals surface area contributed by atoms with Gasteiger partial charge in [0.05, 0.1) is 48.9 Å². The van der Waals surface area contributed by atoms with Gasteiger partial charge in [0, 0.05) is 109 Å². The fourth-order valence-electron chi connectivity index (χ4n) is 13.4. The molecule has 0 radical (unpaired) electrons. The van der Waals surface area contributed by atoms with Crippen LogP contribution in [0.1, 0.15) is 191 Å². The molecule has 1 unspecified atom stereocenters. The number of ether oxygens (including phenoxy) is 3. The highest BCUT2D eigenvalue weighted by Gasteiger charge is 2.44. The summed E-state index contributed by atoms with van der Waals surface area (Å²) in [5.41, 5.74) is 6.95. The summed E-state index contributed by atoms with van der Waals surface area (Å²) in [5, 5.41) is 19.2. The van der Waals surface area contributed by atoms with Crippen molar-refractivity contribution in [3.05, 3.63) is 65.7 Å². The molecule has 0 saturated carbocycles. The SMILES string of the molecule is C.CC[C@H](C)[C@@H]([C@@H](CC(=O)N1CCC[C@H]1[C@H](OC)[C@@H](C)C(=O)C[C@H](C)[C@@H](O)c1ccccc1)OC)N(C)C(=O)[C@@H](CC(=O)[C@H](C(C)C)N(C)C(=O)OCc1ccc(NC(=O)[C@H](CCCNC(N)=O)CC(=O)[C@@H](NC(=O)CCCCCN2C(=O)CC(C)C2=O)C(C)C)cc1)C(C)C. The van der Waals surface area contributed by atoms with E-state index in [-0.39, 0.29) is 154 Å². The number of carbonyl (C=O) groups is 11. The number of aliphatic hydroxyl groups excluding tert-OH is 1. The fraction of sp³-hybridized carbons (Fsp3) is 0.685. The number of Topliss-reactive ketones (excluding diaryl/α,β-unsaturated/α-hetero) is 3. The smallest absolute Gasteiger partial charge is 0.410 e. The van der Waals surface area contributed by atoms with Crippen LogP contribution in [0.15, 0.2) is 54.6 Å². The Morgan fingerprint density at radius 1 is 0.750 bits per heavy atom. The van der Waals surface area contributed by atoms with E-state index in [1.54, 1.807) is 69.0 Å². The zero-order valence-corrected chi connectivity index (χ0v) is 59.2. The van der Waals surface area contributed by atoms with E-state index in [0.717, 1.165) is 5.56 Å². The van der Waals surface area contributed by atoms with Crippen molar-refractivity contribution < 1.29 is 72.1 Å². The summed E-state index contributed by atoms with van der Waals surface area (Å²) in [6.45, 7) is 21.1. The summed E-state index contributed by atoms with van der Waals surface area (Å²) in [6.07, 6.45) is 1.24. The minimum atomic E-state index is -0.965. The summed E-state index contributed by atoms with van der Waals surface area (Å²) >= 11 is 0. The number of ketones is 3. The molecule has 4 rings (SSSR count). The Bertz CT molecular complexity index is 2870. The Hall–Kier alpha value is -7.11. The lowest BCUT2D eigenvalue weighted by Crippen LogP contribution is -2.54. The van der Waals surface area contributed by atoms with Crippen LogP contribution in [-0.4, -0.2) is 174 Å². The van der Waals surface area contributed by atoms with Crippen molar-refractivity contribution in [2.75, 3.05) is 53.3 Å². The normalized spacial score (nSPS) is 18.2. The summed E-state index contributed by atoms with van der Waals surface area (Å²) in [5.74, 6) is -6.43. The third kappa shape index (κ3) is 24.2. The molecule has 0 aromatic heterocycles. The maximum Gasteiger partial charge on any atom is 0.410 e. The molecule has 9 amide bonds. The van der Waals surface area contributed by atoms with Crippen LogP contribution in [-0.2, 0) is 64.0 Å². The molecule has 2 aromatic rings. The van der Waals surface area contributed by atoms with Gasteiger partial charge < -0.3 is 55.7 Å². The van der Waals surface area contributed by atoms with E-state index < -0.39 is 72.2 Å². The second kappa shape index (κ2) is 40.6. The van der Waals surface area contributed by atoms with E-state index in [0.29, 0.717) is 69.3 Å². The highest BCUT2D eigenvalue weighted by molar-refractivity contribution is 6.03. The number of unbranched alkanes of at least 4 members (excludes halogenated alkanes) is 2. The van der Waals surface area contributed by atoms with Gasteiger partial charge in [-0.05, 0) is 91.4 Å². The number of rotatable bonds is 41. The lowest BCUT2D eigenvalue weighted by Gasteiger charge is -2.41. The number of nitrogens with two attached hydrogens (primary N) is 1. The number of hydrogen-bond acceptors (Lipinski definition) is 15. The van der Waals surface area contributed by atoms with Crippen LogP contribution in [0.25, 0.3) is 0 Å². The molecule has 2 heterocycles. The number of urea groups is 1. The van der Waals surface area contributed by atoms with E-state index in [1.165, 1.54) is 24.0 Å². The van der Waals surface area contributed by atoms with E-state index in [4.69, 9.17) is 19.9 Å². The van der Waals surface area contributed by atoms with Gasteiger partial charge in [-0.25, -0.2) is 9.59 Å². The molecule has 2 aliphatic rings. The van der Waals surface area contributed by atoms with Crippen molar-refractivity contribution in [3.8, 4) is 0 Å². The Morgan fingerprint density at radius 3 is 1.97 bits per heavy atom. The van der Waals surface area contributed by atoms with Crippen molar-refractivity contribution in [2.24, 2.45) is 59.0 Å². The Morgan fingerprint density at radius 2 is 1.41 bits per heavy atom. The highest BCUT2D eigenvalue weighted by Crippen LogP contribution is 2.34. The van der Waals surface area contributed by atoms with E-state index >= 15 is 0 Å². The van der Waals surface area contributed by atoms with Gasteiger partial charge in [0.2, 0.25) is 35.4 Å². The number of hydrogen-bond donors (Lipinski definition) is 5. The highest BCUT2D eigenvalue weighted by atomic mass is 16.6. The van der Waals surface area contributed by atoms with Crippen molar-refractivity contribution in [3.63, 3.8) is 0 Å². The Balaban J connectivity index is 0.0000240. The third-order valence-corrected chi connectivity index (χ3v) is 19.3. The van der Waals surface area contributed by atoms with Gasteiger partial charge in [-0.2, -0.15) is 0 Å². The predicted molar refractivity (Wildman–Crippen MR) is 368 cm³/mol. The minimum absolute atomic E-state index is 0. The molecule has 538 valence electrons. The predicted octanol–water partition coefficient (Wildman–Crippen LogP) is 9.45. The number of anilines is 1. The molecule has 0 bridgehead atoms. The van der Waals surface area contributed by atoms with Crippen molar-refractivity contribution in [2.45, 2.75) is 223 Å². The van der Waals surface area contributed by atoms with Crippen LogP contribution < -0.4 is 21.7 Å². The number of nitrogens with zero attached hydrogens (tertiary/aromatic N) is 4. The van der Waals surface area contributed by atoms with Gasteiger partial charge in [0.25, 0.3) is 0 Å². The summed E-state index contributed by atoms with van der Waals surface area (Å²) in [6, 6.07) is 12.2. The summed E-state index contributed by atoms with van der Waals surface area (Å²) in [4.78, 5) is 154. The number of likely N-dealkylation sites (tertiary alicyclic amines) is 2. The van der Waals surface area contributed by atoms with Crippen LogP contribution in [0.2, 0.25) is 0 Å². The third-order valence-electron chi connectivity index (χ3n) is 19.3. The van der Waals surface area contributed by atoms with E-state index in [1.807, 2.05) is 85.7 Å². The molecule has 96 heavy (non-hydrogen) atoms. The quantitative estimate of drug-likeness (QED) is 0.0306. The molecule has 2 fully saturated rings. The molecule has 0 aliphatic carbocycles. The largest absolute Gasteiger partial charge is 0.445 e. The average Bonchev–Trinajstić information content (AvgIpc) is 1.37. The Labute approximate surface area is 571 Å². The van der Waals surface area contributed by atoms with Crippen molar-refractivity contribution >= 4 is 70.6 Å². The molecule has 0 spiro atoms. The zero-order valence-electron chi connectivity index (χ0n) is 59.2. The molecule has 2 saturated heterocycles. The van der Waals surface area contributed by atoms with E-state index in [9.17, 15) is 57.8 Å². The number of primary amides is 1. The van der Waals surface area contributed by atoms with Gasteiger partial charge >= 0.3 is 12.1 Å². The van der Waals surface area contributed by atoms with Crippen LogP contribution in [0.4, 0.5) is 15.3 Å². The van der Waals surface area contributed by atoms with E-state index in [2.05, 4.69) is 16.0 Å². The molecule has 2 aromatic carbocycles. The Kier molecular flexibility index (Phi) is 35.1. The van der Waals surface area contributed by atoms with Crippen LogP contribution in [0.3, 0.4) is 0 Å². The molecular formula is C73H116N8O15. The second-order valence-electron chi connectivity index (χ2n) is 27.5. The number of aliphatic hydroxyl groups is 1. The summed E-state index contributed by atoms with van der Waals surface area (Å²) < 4.78 is 17.9. The van der Waals surface area contributed by atoms with Crippen LogP contribution in [0, 0.1) is 53.3 Å². The molecular weight excluding hydrogens is 1230 g/mol. The number of benzene rings is 2. The van der Waals surface area contributed by atoms with Gasteiger partial charge in [0.15, 0.2) is 11.6 Å². The second-order valence-corrected chi connectivity index (χ2v) is 27.5. The number of imide groups is 1. The molecule has 6 N–H and O–H groups in total. The maximum absolute atomic E-state index is 14.9. The number of amides is 9. The first-order chi connectivity index (χ1) is 44.9. The molecule has 23 heteroatoms. The molecule has 2 aliphatic heterocycles. The number of nitrogens with one attached hydrogen (secondary N) is 3. The van der Waals surface area contributed by atoms with Crippen molar-refractivity contribution in [1.82, 2.24) is 30.2 Å². The van der Waals surface area contributed by atoms with Crippen LogP contribution in [0.5, 0.6) is 0 Å². The maximum atomic E-state index is 14.9. The first kappa shape index (κ1) is 83.1. The monoisotopic (exact) mass is 1340 g/mol. The van der Waals surface area contributed by atoms with Gasteiger partial charge in [-0.1, -0.05) is 139 Å². The summed E-state index contributed by atoms with van der Waals surface area (Å²) in [7, 11) is 6.24. The first-order valence-electron chi connectivity index (χ1n) is 34.3. The van der Waals surface area contributed by atoms with Gasteiger partial charge in [0.1, 0.15) is 12.4 Å².